The van der Waals surface area contributed by atoms with Crippen molar-refractivity contribution >= 4 is 27.3 Å². The van der Waals surface area contributed by atoms with Crippen LogP contribution >= 0.6 is 27.3 Å². The van der Waals surface area contributed by atoms with Crippen molar-refractivity contribution in [1.29, 1.82) is 0 Å². The topological polar surface area (TPSA) is 24.9 Å². The lowest BCUT2D eigenvalue weighted by atomic mass is 10.1. The summed E-state index contributed by atoms with van der Waals surface area (Å²) in [6.45, 7) is 0. The molecule has 18 heavy (non-hydrogen) atoms. The molecule has 0 saturated carbocycles. The van der Waals surface area contributed by atoms with Crippen LogP contribution in [0.5, 0.6) is 0 Å². The molecule has 3 rings (SSSR count). The zero-order valence-electron chi connectivity index (χ0n) is 10.2. The van der Waals surface area contributed by atoms with Crippen LogP contribution in [0.25, 0.3) is 0 Å². The van der Waals surface area contributed by atoms with Gasteiger partial charge in [0, 0.05) is 9.35 Å². The number of hydrogen-bond acceptors (Lipinski definition) is 3. The zero-order chi connectivity index (χ0) is 12.5. The molecule has 1 N–H and O–H groups in total. The third-order valence-electron chi connectivity index (χ3n) is 3.33. The van der Waals surface area contributed by atoms with Gasteiger partial charge in [-0.15, -0.1) is 11.3 Å². The van der Waals surface area contributed by atoms with Crippen molar-refractivity contribution in [3.63, 3.8) is 0 Å². The molecular weight excluding hydrogens is 308 g/mol. The molecule has 0 radical (unpaired) electrons. The van der Waals surface area contributed by atoms with Crippen molar-refractivity contribution in [3.8, 4) is 0 Å². The minimum atomic E-state index is 0.207. The van der Waals surface area contributed by atoms with E-state index in [1.807, 2.05) is 18.4 Å². The number of thiazole rings is 1. The van der Waals surface area contributed by atoms with Crippen LogP contribution in [0.4, 0.5) is 0 Å². The Hall–Kier alpha value is -0.710. The number of halogens is 1. The van der Waals surface area contributed by atoms with Crippen LogP contribution < -0.4 is 5.32 Å². The standard InChI is InChI=1S/C14H15BrN2S/c1-16-13(9-4-2-5-10(15)8-9)14-17-11-6-3-7-12(11)18-14/h2,4-5,8,13,16H,3,6-7H2,1H3. The summed E-state index contributed by atoms with van der Waals surface area (Å²) in [5.74, 6) is 0. The van der Waals surface area contributed by atoms with E-state index in [0.29, 0.717) is 0 Å². The number of aromatic nitrogens is 1. The zero-order valence-corrected chi connectivity index (χ0v) is 12.6. The quantitative estimate of drug-likeness (QED) is 0.931. The predicted octanol–water partition coefficient (Wildman–Crippen LogP) is 3.70. The van der Waals surface area contributed by atoms with Gasteiger partial charge in [-0.2, -0.15) is 0 Å². The Balaban J connectivity index is 1.96. The van der Waals surface area contributed by atoms with Crippen LogP contribution in [0.3, 0.4) is 0 Å². The molecular formula is C14H15BrN2S. The first kappa shape index (κ1) is 12.3. The van der Waals surface area contributed by atoms with E-state index < -0.39 is 0 Å². The summed E-state index contributed by atoms with van der Waals surface area (Å²) in [5.41, 5.74) is 2.59. The van der Waals surface area contributed by atoms with E-state index >= 15 is 0 Å². The van der Waals surface area contributed by atoms with Crippen LogP contribution in [-0.2, 0) is 12.8 Å². The lowest BCUT2D eigenvalue weighted by molar-refractivity contribution is 0.682. The molecule has 0 fully saturated rings. The molecule has 4 heteroatoms. The largest absolute Gasteiger partial charge is 0.307 e. The lowest BCUT2D eigenvalue weighted by Crippen LogP contribution is -2.17. The Kier molecular flexibility index (Phi) is 3.50. The number of hydrogen-bond donors (Lipinski definition) is 1. The summed E-state index contributed by atoms with van der Waals surface area (Å²) < 4.78 is 1.12. The van der Waals surface area contributed by atoms with Crippen molar-refractivity contribution in [2.24, 2.45) is 0 Å². The van der Waals surface area contributed by atoms with Crippen LogP contribution in [0.2, 0.25) is 0 Å². The number of benzene rings is 1. The van der Waals surface area contributed by atoms with Gasteiger partial charge in [0.05, 0.1) is 11.7 Å². The maximum Gasteiger partial charge on any atom is 0.115 e. The summed E-state index contributed by atoms with van der Waals surface area (Å²) in [6, 6.07) is 8.65. The fourth-order valence-corrected chi connectivity index (χ4v) is 4.16. The molecule has 1 atom stereocenters. The number of nitrogens with one attached hydrogen (secondary N) is 1. The molecule has 1 aliphatic carbocycles. The van der Waals surface area contributed by atoms with Gasteiger partial charge < -0.3 is 5.32 Å². The molecule has 0 spiro atoms. The number of aryl methyl sites for hydroxylation is 2. The third-order valence-corrected chi connectivity index (χ3v) is 5.05. The minimum Gasteiger partial charge on any atom is -0.307 e. The highest BCUT2D eigenvalue weighted by Gasteiger charge is 2.22. The molecule has 2 aromatic rings. The normalized spacial score (nSPS) is 15.7. The average Bonchev–Trinajstić information content (AvgIpc) is 2.91. The highest BCUT2D eigenvalue weighted by atomic mass is 79.9. The average molecular weight is 323 g/mol. The molecule has 1 heterocycles. The maximum atomic E-state index is 4.81. The van der Waals surface area contributed by atoms with Crippen LogP contribution in [0, 0.1) is 0 Å². The van der Waals surface area contributed by atoms with Crippen molar-refractivity contribution in [1.82, 2.24) is 10.3 Å². The monoisotopic (exact) mass is 322 g/mol. The first-order valence-corrected chi connectivity index (χ1v) is 7.80. The second-order valence-corrected chi connectivity index (χ2v) is 6.58. The van der Waals surface area contributed by atoms with Crippen molar-refractivity contribution in [2.75, 3.05) is 7.05 Å². The SMILES string of the molecule is CNC(c1cccc(Br)c1)c1nc2c(s1)CCC2. The van der Waals surface area contributed by atoms with E-state index in [1.54, 1.807) is 0 Å². The third kappa shape index (κ3) is 2.25. The highest BCUT2D eigenvalue weighted by Crippen LogP contribution is 2.33. The van der Waals surface area contributed by atoms with E-state index in [0.717, 1.165) is 10.9 Å². The Morgan fingerprint density at radius 1 is 1.39 bits per heavy atom. The second-order valence-electron chi connectivity index (χ2n) is 4.55. The van der Waals surface area contributed by atoms with Gasteiger partial charge >= 0.3 is 0 Å². The van der Waals surface area contributed by atoms with E-state index in [-0.39, 0.29) is 6.04 Å². The van der Waals surface area contributed by atoms with Gasteiger partial charge in [-0.25, -0.2) is 4.98 Å². The molecule has 1 aliphatic rings. The first-order valence-electron chi connectivity index (χ1n) is 6.19. The van der Waals surface area contributed by atoms with Gasteiger partial charge in [0.25, 0.3) is 0 Å². The summed E-state index contributed by atoms with van der Waals surface area (Å²) in [7, 11) is 2.00. The van der Waals surface area contributed by atoms with Crippen LogP contribution in [0.1, 0.15) is 33.6 Å². The summed E-state index contributed by atoms with van der Waals surface area (Å²) >= 11 is 5.40. The van der Waals surface area contributed by atoms with Crippen LogP contribution in [0.15, 0.2) is 28.7 Å². The predicted molar refractivity (Wildman–Crippen MR) is 79.2 cm³/mol. The fraction of sp³-hybridized carbons (Fsp3) is 0.357. The Morgan fingerprint density at radius 2 is 2.28 bits per heavy atom. The molecule has 1 unspecified atom stereocenters. The summed E-state index contributed by atoms with van der Waals surface area (Å²) in [4.78, 5) is 6.30. The van der Waals surface area contributed by atoms with E-state index in [1.165, 1.54) is 34.0 Å². The number of rotatable bonds is 3. The molecule has 2 nitrogen and oxygen atoms in total. The highest BCUT2D eigenvalue weighted by molar-refractivity contribution is 9.10. The van der Waals surface area contributed by atoms with E-state index in [9.17, 15) is 0 Å². The smallest absolute Gasteiger partial charge is 0.115 e. The molecule has 94 valence electrons. The molecule has 0 saturated heterocycles. The van der Waals surface area contributed by atoms with Gasteiger partial charge in [-0.1, -0.05) is 28.1 Å². The van der Waals surface area contributed by atoms with Gasteiger partial charge in [-0.05, 0) is 44.0 Å². The molecule has 0 amide bonds. The van der Waals surface area contributed by atoms with Crippen molar-refractivity contribution < 1.29 is 0 Å². The first-order chi connectivity index (χ1) is 8.78. The second kappa shape index (κ2) is 5.11. The fourth-order valence-electron chi connectivity index (χ4n) is 2.45. The Morgan fingerprint density at radius 3 is 3.00 bits per heavy atom. The van der Waals surface area contributed by atoms with E-state index in [4.69, 9.17) is 4.98 Å². The molecule has 0 bridgehead atoms. The van der Waals surface area contributed by atoms with Crippen LogP contribution in [-0.4, -0.2) is 12.0 Å². The van der Waals surface area contributed by atoms with Crippen molar-refractivity contribution in [2.45, 2.75) is 25.3 Å². The Labute approximate surface area is 120 Å². The summed E-state index contributed by atoms with van der Waals surface area (Å²) in [5, 5.41) is 4.57. The maximum absolute atomic E-state index is 4.81. The van der Waals surface area contributed by atoms with Crippen molar-refractivity contribution in [3.05, 3.63) is 49.9 Å². The lowest BCUT2D eigenvalue weighted by Gasteiger charge is -2.14. The van der Waals surface area contributed by atoms with E-state index in [2.05, 4.69) is 45.5 Å². The van der Waals surface area contributed by atoms with Gasteiger partial charge in [-0.3, -0.25) is 0 Å². The molecule has 0 aliphatic heterocycles. The summed E-state index contributed by atoms with van der Waals surface area (Å²) in [6.07, 6.45) is 3.64. The molecule has 1 aromatic carbocycles. The number of nitrogens with zero attached hydrogens (tertiary/aromatic N) is 1. The van der Waals surface area contributed by atoms with Gasteiger partial charge in [0.1, 0.15) is 5.01 Å². The van der Waals surface area contributed by atoms with Gasteiger partial charge in [0.15, 0.2) is 0 Å². The Bertz CT molecular complexity index is 543. The molecule has 1 aromatic heterocycles. The minimum absolute atomic E-state index is 0.207. The van der Waals surface area contributed by atoms with Gasteiger partial charge in [0.2, 0.25) is 0 Å². The number of fused-ring (bicyclic) bond motifs is 1.